The molecule has 3 aromatic carbocycles. The molecule has 0 bridgehead atoms. The number of fused-ring (bicyclic) bond motifs is 3. The summed E-state index contributed by atoms with van der Waals surface area (Å²) in [6.45, 7) is 0. The van der Waals surface area contributed by atoms with Gasteiger partial charge in [-0.1, -0.05) is 48.5 Å². The van der Waals surface area contributed by atoms with E-state index in [1.807, 2.05) is 30.3 Å². The lowest BCUT2D eigenvalue weighted by Gasteiger charge is -2.08. The van der Waals surface area contributed by atoms with Crippen molar-refractivity contribution in [3.63, 3.8) is 0 Å². The van der Waals surface area contributed by atoms with Gasteiger partial charge in [0, 0.05) is 0 Å². The van der Waals surface area contributed by atoms with E-state index in [9.17, 15) is 20.1 Å². The molecule has 4 nitrogen and oxygen atoms in total. The van der Waals surface area contributed by atoms with E-state index in [-0.39, 0.29) is 0 Å². The molecule has 0 atom stereocenters. The minimum atomic E-state index is -1.53. The van der Waals surface area contributed by atoms with Gasteiger partial charge in [0.25, 0.3) is 0 Å². The average Bonchev–Trinajstić information content (AvgIpc) is 2.83. The average molecular weight is 290 g/mol. The van der Waals surface area contributed by atoms with Crippen molar-refractivity contribution in [3.8, 4) is 22.3 Å². The van der Waals surface area contributed by atoms with Crippen LogP contribution in [0.4, 0.5) is 0 Å². The molecule has 22 heavy (non-hydrogen) atoms. The first-order chi connectivity index (χ1) is 10.6. The molecule has 106 valence electrons. The third-order valence-electron chi connectivity index (χ3n) is 4.27. The Morgan fingerprint density at radius 1 is 0.636 bits per heavy atom. The van der Waals surface area contributed by atoms with Gasteiger partial charge in [-0.25, -0.2) is 0 Å². The largest absolute Gasteiger partial charge is 0.489 e. The van der Waals surface area contributed by atoms with E-state index in [2.05, 4.69) is 0 Å². The first-order valence-electron chi connectivity index (χ1n) is 7.00. The Morgan fingerprint density at radius 3 is 2.09 bits per heavy atom. The van der Waals surface area contributed by atoms with Crippen molar-refractivity contribution in [1.29, 1.82) is 0 Å². The maximum atomic E-state index is 9.55. The Kier molecular flexibility index (Phi) is 2.89. The van der Waals surface area contributed by atoms with Crippen LogP contribution < -0.4 is 10.9 Å². The predicted molar refractivity (Wildman–Crippen MR) is 88.0 cm³/mol. The third kappa shape index (κ3) is 1.76. The molecule has 0 unspecified atom stereocenters. The fourth-order valence-electron chi connectivity index (χ4n) is 3.28. The number of hydrogen-bond acceptors (Lipinski definition) is 4. The van der Waals surface area contributed by atoms with Gasteiger partial charge in [0.1, 0.15) is 0 Å². The van der Waals surface area contributed by atoms with Crippen molar-refractivity contribution in [2.75, 3.05) is 0 Å². The van der Waals surface area contributed by atoms with Gasteiger partial charge in [0.05, 0.1) is 0 Å². The molecule has 0 saturated heterocycles. The minimum absolute atomic E-state index is 0.436. The van der Waals surface area contributed by atoms with Crippen molar-refractivity contribution in [2.24, 2.45) is 0 Å². The fraction of sp³-hybridized carbons (Fsp3) is 0. The van der Waals surface area contributed by atoms with Crippen LogP contribution in [0.2, 0.25) is 0 Å². The fourth-order valence-corrected chi connectivity index (χ4v) is 3.28. The summed E-state index contributed by atoms with van der Waals surface area (Å²) in [5.74, 6) is 0. The third-order valence-corrected chi connectivity index (χ3v) is 4.27. The van der Waals surface area contributed by atoms with Gasteiger partial charge in [0.15, 0.2) is 0 Å². The van der Waals surface area contributed by atoms with Gasteiger partial charge < -0.3 is 20.1 Å². The highest BCUT2D eigenvalue weighted by Gasteiger charge is 2.26. The van der Waals surface area contributed by atoms with Crippen molar-refractivity contribution in [1.82, 2.24) is 0 Å². The summed E-state index contributed by atoms with van der Waals surface area (Å²) in [5.41, 5.74) is 4.82. The lowest BCUT2D eigenvalue weighted by atomic mass is 9.76. The molecule has 0 aliphatic heterocycles. The Labute approximate surface area is 127 Å². The zero-order chi connectivity index (χ0) is 15.4. The summed E-state index contributed by atoms with van der Waals surface area (Å²) in [6, 6.07) is 14.6. The molecule has 0 radical (unpaired) electrons. The minimum Gasteiger partial charge on any atom is -0.423 e. The topological polar surface area (TPSA) is 80.9 Å². The number of rotatable bonds is 2. The van der Waals surface area contributed by atoms with Crippen molar-refractivity contribution in [2.45, 2.75) is 0 Å². The normalized spacial score (nSPS) is 11.6. The molecule has 0 aromatic heterocycles. The summed E-state index contributed by atoms with van der Waals surface area (Å²) < 4.78 is 0. The Bertz CT molecular complexity index is 906. The SMILES string of the molecule is OB(O)c1ccc2c(c1)-c1cccc3c(B(O)O)ccc-2c13. The van der Waals surface area contributed by atoms with Crippen LogP contribution in [0.25, 0.3) is 33.0 Å². The van der Waals surface area contributed by atoms with Crippen LogP contribution in [0.3, 0.4) is 0 Å². The second kappa shape index (κ2) is 4.69. The molecule has 4 rings (SSSR count). The van der Waals surface area contributed by atoms with E-state index in [0.717, 1.165) is 33.0 Å². The van der Waals surface area contributed by atoms with E-state index >= 15 is 0 Å². The lowest BCUT2D eigenvalue weighted by molar-refractivity contribution is 0.424. The van der Waals surface area contributed by atoms with Crippen LogP contribution in [-0.2, 0) is 0 Å². The highest BCUT2D eigenvalue weighted by molar-refractivity contribution is 6.62. The maximum Gasteiger partial charge on any atom is 0.489 e. The molecular weight excluding hydrogens is 278 g/mol. The van der Waals surface area contributed by atoms with E-state index in [1.165, 1.54) is 0 Å². The van der Waals surface area contributed by atoms with Crippen molar-refractivity contribution >= 4 is 35.9 Å². The van der Waals surface area contributed by atoms with Crippen LogP contribution in [0.5, 0.6) is 0 Å². The zero-order valence-electron chi connectivity index (χ0n) is 11.6. The van der Waals surface area contributed by atoms with Gasteiger partial charge in [0.2, 0.25) is 0 Å². The van der Waals surface area contributed by atoms with Crippen LogP contribution in [0.1, 0.15) is 0 Å². The van der Waals surface area contributed by atoms with E-state index in [1.54, 1.807) is 18.2 Å². The van der Waals surface area contributed by atoms with E-state index in [0.29, 0.717) is 10.9 Å². The first-order valence-corrected chi connectivity index (χ1v) is 7.00. The summed E-state index contributed by atoms with van der Waals surface area (Å²) >= 11 is 0. The molecule has 0 heterocycles. The van der Waals surface area contributed by atoms with Crippen LogP contribution >= 0.6 is 0 Å². The Hall–Kier alpha value is -2.11. The second-order valence-electron chi connectivity index (χ2n) is 5.48. The van der Waals surface area contributed by atoms with Gasteiger partial charge in [-0.2, -0.15) is 0 Å². The molecule has 4 N–H and O–H groups in total. The quantitative estimate of drug-likeness (QED) is 0.387. The predicted octanol–water partition coefficient (Wildman–Crippen LogP) is -0.153. The van der Waals surface area contributed by atoms with Crippen LogP contribution in [0, 0.1) is 0 Å². The van der Waals surface area contributed by atoms with Crippen LogP contribution in [-0.4, -0.2) is 34.3 Å². The lowest BCUT2D eigenvalue weighted by Crippen LogP contribution is -2.30. The van der Waals surface area contributed by atoms with Crippen molar-refractivity contribution < 1.29 is 20.1 Å². The van der Waals surface area contributed by atoms with E-state index in [4.69, 9.17) is 0 Å². The highest BCUT2D eigenvalue weighted by atomic mass is 16.4. The number of benzene rings is 3. The second-order valence-corrected chi connectivity index (χ2v) is 5.48. The van der Waals surface area contributed by atoms with Gasteiger partial charge in [-0.05, 0) is 44.0 Å². The maximum absolute atomic E-state index is 9.55. The Morgan fingerprint density at radius 2 is 1.36 bits per heavy atom. The summed E-state index contributed by atoms with van der Waals surface area (Å²) in [5, 5.41) is 39.6. The summed E-state index contributed by atoms with van der Waals surface area (Å²) in [7, 11) is -3.04. The molecule has 0 spiro atoms. The number of hydrogen-bond donors (Lipinski definition) is 4. The molecule has 1 aliphatic carbocycles. The first kappa shape index (κ1) is 13.5. The molecule has 3 aromatic rings. The molecule has 0 amide bonds. The smallest absolute Gasteiger partial charge is 0.423 e. The molecule has 1 aliphatic rings. The van der Waals surface area contributed by atoms with Crippen LogP contribution in [0.15, 0.2) is 48.5 Å². The highest BCUT2D eigenvalue weighted by Crippen LogP contribution is 2.46. The van der Waals surface area contributed by atoms with Crippen molar-refractivity contribution in [3.05, 3.63) is 48.5 Å². The molecule has 6 heteroatoms. The summed E-state index contributed by atoms with van der Waals surface area (Å²) in [4.78, 5) is 0. The monoisotopic (exact) mass is 290 g/mol. The van der Waals surface area contributed by atoms with Gasteiger partial charge >= 0.3 is 14.2 Å². The molecule has 0 fully saturated rings. The zero-order valence-corrected chi connectivity index (χ0v) is 11.6. The standard InChI is InChI=1S/C16H12B2O4/c19-17(20)9-4-5-10-12-6-7-15(18(21)22)13-3-1-2-11(16(12)13)14(10)8-9/h1-8,19-22H. The molecule has 0 saturated carbocycles. The van der Waals surface area contributed by atoms with E-state index < -0.39 is 14.2 Å². The molecular formula is C16H12B2O4. The van der Waals surface area contributed by atoms with Gasteiger partial charge in [-0.15, -0.1) is 0 Å². The summed E-state index contributed by atoms with van der Waals surface area (Å²) in [6.07, 6.45) is 0. The van der Waals surface area contributed by atoms with Gasteiger partial charge in [-0.3, -0.25) is 0 Å². The Balaban J connectivity index is 2.08.